The Hall–Kier alpha value is -3.13. The maximum atomic E-state index is 13.3. The molecule has 0 unspecified atom stereocenters. The lowest BCUT2D eigenvalue weighted by Gasteiger charge is -2.31. The van der Waals surface area contributed by atoms with Crippen molar-refractivity contribution in [3.63, 3.8) is 0 Å². The van der Waals surface area contributed by atoms with Gasteiger partial charge in [-0.3, -0.25) is 9.69 Å². The van der Waals surface area contributed by atoms with Crippen LogP contribution in [-0.4, -0.2) is 32.9 Å². The fraction of sp³-hybridized carbons (Fsp3) is 0.385. The Balaban J connectivity index is 1.90. The van der Waals surface area contributed by atoms with Crippen molar-refractivity contribution in [2.24, 2.45) is 5.92 Å². The summed E-state index contributed by atoms with van der Waals surface area (Å²) in [7, 11) is 0. The van der Waals surface area contributed by atoms with Gasteiger partial charge in [0.15, 0.2) is 5.69 Å². The molecule has 1 aromatic heterocycles. The number of hydrogen-bond acceptors (Lipinski definition) is 7. The van der Waals surface area contributed by atoms with Gasteiger partial charge in [-0.15, -0.1) is 10.2 Å². The maximum Gasteiger partial charge on any atom is 0.247 e. The molecule has 0 saturated carbocycles. The fourth-order valence-electron chi connectivity index (χ4n) is 3.70. The number of carbonyl (C=O) groups excluding carboxylic acids is 1. The Bertz CT molecular complexity index is 1170. The van der Waals surface area contributed by atoms with Crippen molar-refractivity contribution in [1.82, 2.24) is 15.2 Å². The Kier molecular flexibility index (Phi) is 7.36. The van der Waals surface area contributed by atoms with Crippen LogP contribution in [0.1, 0.15) is 52.8 Å². The molecule has 1 atom stereocenters. The number of carbonyl (C=O) groups is 1. The summed E-state index contributed by atoms with van der Waals surface area (Å²) in [5, 5.41) is 9.38. The van der Waals surface area contributed by atoms with Crippen molar-refractivity contribution in [2.45, 2.75) is 58.5 Å². The average molecular weight is 479 g/mol. The van der Waals surface area contributed by atoms with Gasteiger partial charge in [0.05, 0.1) is 17.4 Å². The fourth-order valence-corrected chi connectivity index (χ4v) is 4.43. The zero-order valence-electron chi connectivity index (χ0n) is 20.2. The third-order valence-corrected chi connectivity index (χ3v) is 6.44. The highest BCUT2D eigenvalue weighted by Gasteiger charge is 2.36. The number of aromatic nitrogens is 3. The topological polar surface area (TPSA) is 77.4 Å². The second kappa shape index (κ2) is 10.4. The van der Waals surface area contributed by atoms with Crippen molar-refractivity contribution in [3.8, 4) is 22.9 Å². The van der Waals surface area contributed by atoms with Crippen LogP contribution >= 0.6 is 11.8 Å². The van der Waals surface area contributed by atoms with Crippen LogP contribution < -0.4 is 14.4 Å². The van der Waals surface area contributed by atoms with Crippen LogP contribution in [0.25, 0.3) is 11.3 Å². The smallest absolute Gasteiger partial charge is 0.247 e. The minimum absolute atomic E-state index is 0.0372. The molecule has 1 aliphatic heterocycles. The van der Waals surface area contributed by atoms with Gasteiger partial charge in [-0.25, -0.2) is 0 Å². The van der Waals surface area contributed by atoms with E-state index in [4.69, 9.17) is 14.5 Å². The molecule has 8 heteroatoms. The maximum absolute atomic E-state index is 13.3. The molecule has 0 fully saturated rings. The molecule has 4 rings (SSSR count). The number of benzene rings is 2. The number of hydrogen-bond donors (Lipinski definition) is 0. The molecule has 0 bridgehead atoms. The molecule has 178 valence electrons. The second-order valence-corrected chi connectivity index (χ2v) is 9.75. The predicted molar refractivity (Wildman–Crippen MR) is 134 cm³/mol. The summed E-state index contributed by atoms with van der Waals surface area (Å²) in [5.41, 5.74) is 2.72. The molecule has 0 spiro atoms. The first kappa shape index (κ1) is 24.0. The van der Waals surface area contributed by atoms with Gasteiger partial charge in [0.2, 0.25) is 23.2 Å². The minimum atomic E-state index is -0.774. The van der Waals surface area contributed by atoms with Crippen molar-refractivity contribution in [1.29, 1.82) is 0 Å². The van der Waals surface area contributed by atoms with Crippen molar-refractivity contribution in [3.05, 3.63) is 54.1 Å². The lowest BCUT2D eigenvalue weighted by molar-refractivity contribution is -0.120. The third-order valence-electron chi connectivity index (χ3n) is 5.18. The van der Waals surface area contributed by atoms with Gasteiger partial charge < -0.3 is 9.47 Å². The minimum Gasteiger partial charge on any atom is -0.491 e. The van der Waals surface area contributed by atoms with Crippen LogP contribution in [0.4, 0.5) is 5.69 Å². The number of ether oxygens (including phenoxy) is 2. The average Bonchev–Trinajstić information content (AvgIpc) is 2.96. The van der Waals surface area contributed by atoms with Crippen LogP contribution in [-0.2, 0) is 4.79 Å². The number of anilines is 1. The van der Waals surface area contributed by atoms with E-state index >= 15 is 0 Å². The molecule has 0 saturated heterocycles. The summed E-state index contributed by atoms with van der Waals surface area (Å²) < 4.78 is 12.6. The zero-order chi connectivity index (χ0) is 24.2. The van der Waals surface area contributed by atoms with Gasteiger partial charge in [0.1, 0.15) is 5.75 Å². The van der Waals surface area contributed by atoms with Crippen LogP contribution in [0.15, 0.2) is 53.7 Å². The summed E-state index contributed by atoms with van der Waals surface area (Å²) in [6, 6.07) is 15.3. The van der Waals surface area contributed by atoms with Gasteiger partial charge in [0.25, 0.3) is 0 Å². The van der Waals surface area contributed by atoms with Gasteiger partial charge in [-0.05, 0) is 38.0 Å². The zero-order valence-corrected chi connectivity index (χ0v) is 21.0. The molecule has 2 aromatic carbocycles. The Morgan fingerprint density at radius 2 is 1.82 bits per heavy atom. The van der Waals surface area contributed by atoms with Crippen LogP contribution in [0, 0.1) is 5.92 Å². The SMILES string of the molecule is CCC(=O)N1c2ccccc2-c2nnc(SCC(C)C)nc2O[C@H]1c1ccccc1OC(C)C. The third kappa shape index (κ3) is 5.01. The van der Waals surface area contributed by atoms with E-state index in [1.54, 1.807) is 4.90 Å². The van der Waals surface area contributed by atoms with Gasteiger partial charge in [-0.1, -0.05) is 62.9 Å². The lowest BCUT2D eigenvalue weighted by atomic mass is 10.1. The number of para-hydroxylation sites is 2. The molecule has 1 amide bonds. The number of fused-ring (bicyclic) bond motifs is 3. The van der Waals surface area contributed by atoms with E-state index in [9.17, 15) is 4.79 Å². The van der Waals surface area contributed by atoms with E-state index < -0.39 is 6.23 Å². The standard InChI is InChI=1S/C26H30N4O3S/c1-6-22(31)30-20-13-9-7-11-18(20)23-24(27-26(29-28-23)34-15-16(2)3)33-25(30)19-12-8-10-14-21(19)32-17(4)5/h7-14,16-17,25H,6,15H2,1-5H3/t25-/m0/s1. The molecule has 7 nitrogen and oxygen atoms in total. The van der Waals surface area contributed by atoms with Crippen molar-refractivity contribution in [2.75, 3.05) is 10.7 Å². The van der Waals surface area contributed by atoms with Crippen LogP contribution in [0.5, 0.6) is 11.6 Å². The molecule has 34 heavy (non-hydrogen) atoms. The first-order chi connectivity index (χ1) is 16.4. The Labute approximate surface area is 204 Å². The second-order valence-electron chi connectivity index (χ2n) is 8.76. The first-order valence-electron chi connectivity index (χ1n) is 11.6. The van der Waals surface area contributed by atoms with Gasteiger partial charge >= 0.3 is 0 Å². The predicted octanol–water partition coefficient (Wildman–Crippen LogP) is 5.91. The molecule has 3 aromatic rings. The van der Waals surface area contributed by atoms with Crippen molar-refractivity contribution < 1.29 is 14.3 Å². The quantitative estimate of drug-likeness (QED) is 0.391. The van der Waals surface area contributed by atoms with Crippen LogP contribution in [0.2, 0.25) is 0 Å². The number of nitrogens with zero attached hydrogens (tertiary/aromatic N) is 4. The molecule has 1 aliphatic rings. The van der Waals surface area contributed by atoms with E-state index in [1.807, 2.05) is 69.3 Å². The van der Waals surface area contributed by atoms with Crippen LogP contribution in [0.3, 0.4) is 0 Å². The molecule has 0 N–H and O–H groups in total. The Morgan fingerprint density at radius 1 is 1.09 bits per heavy atom. The summed E-state index contributed by atoms with van der Waals surface area (Å²) >= 11 is 1.54. The lowest BCUT2D eigenvalue weighted by Crippen LogP contribution is -2.37. The van der Waals surface area contributed by atoms with E-state index in [-0.39, 0.29) is 12.0 Å². The summed E-state index contributed by atoms with van der Waals surface area (Å²) in [5.74, 6) is 2.29. The Morgan fingerprint density at radius 3 is 2.56 bits per heavy atom. The number of rotatable bonds is 7. The molecule has 0 aliphatic carbocycles. The summed E-state index contributed by atoms with van der Waals surface area (Å²) in [4.78, 5) is 19.7. The number of amides is 1. The summed E-state index contributed by atoms with van der Waals surface area (Å²) in [6.45, 7) is 10.1. The summed E-state index contributed by atoms with van der Waals surface area (Å²) in [6.07, 6.45) is -0.499. The number of thioether (sulfide) groups is 1. The monoisotopic (exact) mass is 478 g/mol. The van der Waals surface area contributed by atoms with E-state index in [0.717, 1.165) is 16.9 Å². The highest BCUT2D eigenvalue weighted by Crippen LogP contribution is 2.45. The van der Waals surface area contributed by atoms with E-state index in [2.05, 4.69) is 24.0 Å². The largest absolute Gasteiger partial charge is 0.491 e. The molecule has 0 radical (unpaired) electrons. The molecular weight excluding hydrogens is 448 g/mol. The highest BCUT2D eigenvalue weighted by molar-refractivity contribution is 7.99. The van der Waals surface area contributed by atoms with Gasteiger partial charge in [-0.2, -0.15) is 4.98 Å². The van der Waals surface area contributed by atoms with E-state index in [1.165, 1.54) is 11.8 Å². The van der Waals surface area contributed by atoms with Crippen molar-refractivity contribution >= 4 is 23.4 Å². The highest BCUT2D eigenvalue weighted by atomic mass is 32.2. The van der Waals surface area contributed by atoms with E-state index in [0.29, 0.717) is 40.5 Å². The molecular formula is C26H30N4O3S. The normalized spacial score (nSPS) is 14.9. The first-order valence-corrected chi connectivity index (χ1v) is 12.6. The molecule has 2 heterocycles. The van der Waals surface area contributed by atoms with Gasteiger partial charge in [0, 0.05) is 17.7 Å².